The van der Waals surface area contributed by atoms with Crippen LogP contribution in [0.5, 0.6) is 0 Å². The molecule has 0 fully saturated rings. The lowest BCUT2D eigenvalue weighted by molar-refractivity contribution is -0.111. The zero-order chi connectivity index (χ0) is 27.1. The summed E-state index contributed by atoms with van der Waals surface area (Å²) >= 11 is 0. The molecule has 0 unspecified atom stereocenters. The van der Waals surface area contributed by atoms with Gasteiger partial charge in [-0.1, -0.05) is 51.7 Å². The van der Waals surface area contributed by atoms with Crippen LogP contribution in [-0.2, 0) is 21.6 Å². The van der Waals surface area contributed by atoms with Crippen molar-refractivity contribution in [2.75, 3.05) is 5.32 Å². The van der Waals surface area contributed by atoms with E-state index in [1.165, 1.54) is 18.2 Å². The first-order chi connectivity index (χ1) is 17.6. The van der Waals surface area contributed by atoms with Crippen molar-refractivity contribution in [3.05, 3.63) is 77.7 Å². The Morgan fingerprint density at radius 2 is 1.65 bits per heavy atom. The van der Waals surface area contributed by atoms with Gasteiger partial charge in [-0.25, -0.2) is 4.39 Å². The van der Waals surface area contributed by atoms with Crippen LogP contribution in [0.3, 0.4) is 0 Å². The number of rotatable bonds is 12. The number of aryl methyl sites for hydroxylation is 1. The van der Waals surface area contributed by atoms with E-state index in [-0.39, 0.29) is 11.7 Å². The van der Waals surface area contributed by atoms with Crippen LogP contribution in [-0.4, -0.2) is 25.5 Å². The predicted molar refractivity (Wildman–Crippen MR) is 145 cm³/mol. The predicted octanol–water partition coefficient (Wildman–Crippen LogP) is 6.63. The van der Waals surface area contributed by atoms with E-state index in [4.69, 9.17) is 0 Å². The number of hydrogen-bond acceptors (Lipinski definition) is 3. The Labute approximate surface area is 217 Å². The van der Waals surface area contributed by atoms with Crippen LogP contribution in [0.4, 0.5) is 10.1 Å². The molecule has 2 aromatic carbocycles. The molecule has 0 radical (unpaired) electrons. The lowest BCUT2D eigenvalue weighted by atomic mass is 9.87. The number of hydrogen-bond donors (Lipinski definition) is 3. The Hall–Kier alpha value is -3.06. The van der Waals surface area contributed by atoms with Gasteiger partial charge in [-0.05, 0) is 60.9 Å². The van der Waals surface area contributed by atoms with Crippen LogP contribution in [0.15, 0.2) is 60.8 Å². The first-order valence-corrected chi connectivity index (χ1v) is 14.2. The van der Waals surface area contributed by atoms with E-state index in [1.54, 1.807) is 60.4 Å². The third-order valence-corrected chi connectivity index (χ3v) is 8.45. The molecule has 3 aromatic rings. The van der Waals surface area contributed by atoms with Crippen LogP contribution in [0, 0.1) is 5.82 Å². The van der Waals surface area contributed by atoms with E-state index in [1.807, 2.05) is 13.8 Å². The minimum absolute atomic E-state index is 0.331. The van der Waals surface area contributed by atoms with Gasteiger partial charge in [0, 0.05) is 29.9 Å². The van der Waals surface area contributed by atoms with Gasteiger partial charge < -0.3 is 15.1 Å². The van der Waals surface area contributed by atoms with Crippen LogP contribution in [0.1, 0.15) is 63.5 Å². The van der Waals surface area contributed by atoms with Gasteiger partial charge in [0.25, 0.3) is 0 Å². The topological polar surface area (TPSA) is 104 Å². The number of unbranched alkanes of at least 4 members (excludes halogenated alkanes) is 2. The molecule has 1 amide bonds. The van der Waals surface area contributed by atoms with Crippen molar-refractivity contribution in [3.8, 4) is 11.3 Å². The van der Waals surface area contributed by atoms with Crippen LogP contribution >= 0.6 is 7.60 Å². The number of carbonyl (C=O) groups excluding carboxylic acids is 1. The molecule has 0 saturated carbocycles. The molecule has 0 bridgehead atoms. The Kier molecular flexibility index (Phi) is 9.60. The third-order valence-electron chi connectivity index (χ3n) is 6.63. The minimum Gasteiger partial charge on any atom is -0.324 e. The Bertz CT molecular complexity index is 1260. The van der Waals surface area contributed by atoms with Gasteiger partial charge in [-0.15, -0.1) is 0 Å². The SMILES string of the molecule is CCCCC(CCCC)(c1ccc(NC(=O)C=Cc2cnn(C)c2-c2ccc(F)cc2)cc1)P(=O)(O)O. The maximum atomic E-state index is 13.3. The van der Waals surface area contributed by atoms with E-state index < -0.39 is 12.8 Å². The summed E-state index contributed by atoms with van der Waals surface area (Å²) in [7, 11) is -2.66. The number of aromatic nitrogens is 2. The van der Waals surface area contributed by atoms with Crippen molar-refractivity contribution >= 4 is 25.3 Å². The molecular weight excluding hydrogens is 492 g/mol. The molecule has 0 saturated heterocycles. The molecule has 0 atom stereocenters. The maximum absolute atomic E-state index is 13.3. The van der Waals surface area contributed by atoms with Crippen molar-refractivity contribution in [2.45, 2.75) is 57.5 Å². The molecule has 9 heteroatoms. The highest BCUT2D eigenvalue weighted by atomic mass is 31.2. The Morgan fingerprint density at radius 1 is 1.05 bits per heavy atom. The highest BCUT2D eigenvalue weighted by Gasteiger charge is 2.46. The van der Waals surface area contributed by atoms with E-state index in [9.17, 15) is 23.5 Å². The zero-order valence-corrected chi connectivity index (χ0v) is 22.4. The number of carbonyl (C=O) groups is 1. The number of nitrogens with one attached hydrogen (secondary N) is 1. The Balaban J connectivity index is 1.78. The number of halogens is 1. The van der Waals surface area contributed by atoms with Gasteiger partial charge in [0.15, 0.2) is 0 Å². The number of benzene rings is 2. The van der Waals surface area contributed by atoms with Crippen molar-refractivity contribution in [1.29, 1.82) is 0 Å². The summed E-state index contributed by atoms with van der Waals surface area (Å²) in [5.41, 5.74) is 3.35. The van der Waals surface area contributed by atoms with E-state index in [0.717, 1.165) is 24.1 Å². The lowest BCUT2D eigenvalue weighted by Crippen LogP contribution is -2.26. The van der Waals surface area contributed by atoms with Crippen molar-refractivity contribution in [1.82, 2.24) is 9.78 Å². The minimum atomic E-state index is -4.43. The molecule has 3 N–H and O–H groups in total. The first-order valence-electron chi connectivity index (χ1n) is 12.5. The summed E-state index contributed by atoms with van der Waals surface area (Å²) < 4.78 is 27.7. The molecule has 198 valence electrons. The van der Waals surface area contributed by atoms with E-state index in [0.29, 0.717) is 42.5 Å². The quantitative estimate of drug-likeness (QED) is 0.181. The number of nitrogens with zero attached hydrogens (tertiary/aromatic N) is 2. The smallest absolute Gasteiger partial charge is 0.324 e. The highest BCUT2D eigenvalue weighted by Crippen LogP contribution is 2.62. The van der Waals surface area contributed by atoms with Gasteiger partial charge in [0.1, 0.15) is 5.82 Å². The second kappa shape index (κ2) is 12.5. The summed E-state index contributed by atoms with van der Waals surface area (Å²) in [4.78, 5) is 33.3. The van der Waals surface area contributed by atoms with E-state index >= 15 is 0 Å². The third kappa shape index (κ3) is 6.83. The van der Waals surface area contributed by atoms with Crippen LogP contribution < -0.4 is 5.32 Å². The summed E-state index contributed by atoms with van der Waals surface area (Å²) in [5.74, 6) is -0.693. The normalized spacial score (nSPS) is 12.3. The average molecular weight is 528 g/mol. The molecule has 1 heterocycles. The van der Waals surface area contributed by atoms with Gasteiger partial charge in [0.05, 0.1) is 17.0 Å². The average Bonchev–Trinajstić information content (AvgIpc) is 3.23. The molecule has 0 aliphatic rings. The van der Waals surface area contributed by atoms with Gasteiger partial charge >= 0.3 is 7.60 Å². The van der Waals surface area contributed by atoms with Crippen LogP contribution in [0.2, 0.25) is 0 Å². The molecule has 37 heavy (non-hydrogen) atoms. The lowest BCUT2D eigenvalue weighted by Gasteiger charge is -2.35. The largest absolute Gasteiger partial charge is 0.335 e. The zero-order valence-electron chi connectivity index (χ0n) is 21.5. The fourth-order valence-electron chi connectivity index (χ4n) is 4.56. The van der Waals surface area contributed by atoms with Gasteiger partial charge in [0.2, 0.25) is 5.91 Å². The summed E-state index contributed by atoms with van der Waals surface area (Å²) in [6.45, 7) is 4.01. The van der Waals surface area contributed by atoms with Crippen molar-refractivity contribution in [2.24, 2.45) is 7.05 Å². The standard InChI is InChI=1S/C28H35FN3O4P/c1-4-6-18-28(19-7-5-2,37(34,35)36)23-11-15-25(16-12-23)31-26(33)17-10-22-20-30-32(3)27(22)21-8-13-24(29)14-9-21/h8-17,20H,4-7,18-19H2,1-3H3,(H,31,33)(H2,34,35,36). The second-order valence-corrected chi connectivity index (χ2v) is 11.2. The fraction of sp³-hybridized carbons (Fsp3) is 0.357. The highest BCUT2D eigenvalue weighted by molar-refractivity contribution is 7.53. The molecule has 7 nitrogen and oxygen atoms in total. The molecule has 1 aromatic heterocycles. The molecule has 0 spiro atoms. The van der Waals surface area contributed by atoms with E-state index in [2.05, 4.69) is 10.4 Å². The van der Waals surface area contributed by atoms with Gasteiger partial charge in [-0.2, -0.15) is 5.10 Å². The second-order valence-electron chi connectivity index (χ2n) is 9.26. The monoisotopic (exact) mass is 527 g/mol. The molecule has 3 rings (SSSR count). The molecular formula is C28H35FN3O4P. The first kappa shape index (κ1) is 28.5. The van der Waals surface area contributed by atoms with Crippen molar-refractivity contribution < 1.29 is 23.5 Å². The molecule has 0 aliphatic heterocycles. The number of anilines is 1. The van der Waals surface area contributed by atoms with Crippen molar-refractivity contribution in [3.63, 3.8) is 0 Å². The maximum Gasteiger partial charge on any atom is 0.335 e. The Morgan fingerprint density at radius 3 is 2.19 bits per heavy atom. The summed E-state index contributed by atoms with van der Waals surface area (Å²) in [5, 5.41) is 5.82. The summed E-state index contributed by atoms with van der Waals surface area (Å²) in [6, 6.07) is 12.8. The van der Waals surface area contributed by atoms with Gasteiger partial charge in [-0.3, -0.25) is 14.0 Å². The molecule has 0 aliphatic carbocycles. The van der Waals surface area contributed by atoms with Crippen LogP contribution in [0.25, 0.3) is 17.3 Å². The summed E-state index contributed by atoms with van der Waals surface area (Å²) in [6.07, 6.45) is 8.59. The fourth-order valence-corrected chi connectivity index (χ4v) is 5.95. The number of amides is 1.